The molecule has 5 nitrogen and oxygen atoms in total. The van der Waals surface area contributed by atoms with Crippen molar-refractivity contribution in [2.75, 3.05) is 0 Å². The van der Waals surface area contributed by atoms with Crippen molar-refractivity contribution >= 4 is 22.5 Å². The van der Waals surface area contributed by atoms with E-state index in [9.17, 15) is 23.1 Å². The van der Waals surface area contributed by atoms with Crippen LogP contribution in [0.3, 0.4) is 0 Å². The summed E-state index contributed by atoms with van der Waals surface area (Å²) in [5.41, 5.74) is 4.51. The van der Waals surface area contributed by atoms with Gasteiger partial charge in [0, 0.05) is 18.0 Å². The lowest BCUT2D eigenvalue weighted by molar-refractivity contribution is -0.137. The van der Waals surface area contributed by atoms with Gasteiger partial charge in [-0.25, -0.2) is 5.43 Å². The second kappa shape index (κ2) is 7.27. The Morgan fingerprint density at radius 3 is 2.24 bits per heavy atom. The smallest absolute Gasteiger partial charge is 0.416 e. The van der Waals surface area contributed by atoms with Crippen LogP contribution in [0.4, 0.5) is 13.2 Å². The molecule has 1 amide bonds. The van der Waals surface area contributed by atoms with Gasteiger partial charge >= 0.3 is 6.18 Å². The highest BCUT2D eigenvalue weighted by atomic mass is 19.4. The first kappa shape index (κ1) is 20.4. The Bertz CT molecular complexity index is 1120. The highest BCUT2D eigenvalue weighted by Crippen LogP contribution is 2.39. The minimum atomic E-state index is -4.53. The van der Waals surface area contributed by atoms with Gasteiger partial charge in [-0.3, -0.25) is 9.36 Å². The number of alkyl halides is 3. The van der Waals surface area contributed by atoms with Crippen LogP contribution in [0, 0.1) is 13.8 Å². The van der Waals surface area contributed by atoms with E-state index in [1.165, 1.54) is 17.6 Å². The Morgan fingerprint density at radius 2 is 1.69 bits per heavy atom. The summed E-state index contributed by atoms with van der Waals surface area (Å²) in [5, 5.41) is 15.3. The molecule has 0 saturated heterocycles. The van der Waals surface area contributed by atoms with Gasteiger partial charge in [-0.05, 0) is 56.2 Å². The molecule has 0 unspecified atom stereocenters. The topological polar surface area (TPSA) is 66.6 Å². The molecular weight excluding hydrogens is 383 g/mol. The van der Waals surface area contributed by atoms with Crippen LogP contribution in [0.15, 0.2) is 41.5 Å². The first-order valence-electron chi connectivity index (χ1n) is 8.83. The number of rotatable bonds is 3. The number of aromatic nitrogens is 1. The van der Waals surface area contributed by atoms with Crippen LogP contribution < -0.4 is 5.43 Å². The van der Waals surface area contributed by atoms with Gasteiger partial charge in [0.1, 0.15) is 0 Å². The molecule has 0 aliphatic heterocycles. The Labute approximate surface area is 165 Å². The van der Waals surface area contributed by atoms with Gasteiger partial charge in [-0.15, -0.1) is 0 Å². The normalized spacial score (nSPS) is 12.4. The fourth-order valence-electron chi connectivity index (χ4n) is 3.37. The molecule has 29 heavy (non-hydrogen) atoms. The summed E-state index contributed by atoms with van der Waals surface area (Å²) >= 11 is 0. The number of nitrogens with zero attached hydrogens (tertiary/aromatic N) is 2. The summed E-state index contributed by atoms with van der Waals surface area (Å²) in [5.74, 6) is -0.655. The third-order valence-electron chi connectivity index (χ3n) is 4.48. The molecule has 1 heterocycles. The Balaban J connectivity index is 2.37. The first-order valence-corrected chi connectivity index (χ1v) is 8.83. The van der Waals surface area contributed by atoms with Crippen molar-refractivity contribution in [3.05, 3.63) is 58.7 Å². The Morgan fingerprint density at radius 1 is 1.07 bits per heavy atom. The van der Waals surface area contributed by atoms with Crippen molar-refractivity contribution in [2.45, 2.75) is 33.9 Å². The monoisotopic (exact) mass is 403 g/mol. The second-order valence-corrected chi connectivity index (χ2v) is 6.97. The molecule has 152 valence electrons. The van der Waals surface area contributed by atoms with Gasteiger partial charge in [0.15, 0.2) is 0 Å². The third kappa shape index (κ3) is 3.96. The summed E-state index contributed by atoms with van der Waals surface area (Å²) in [7, 11) is 0. The van der Waals surface area contributed by atoms with Crippen LogP contribution >= 0.6 is 0 Å². The van der Waals surface area contributed by atoms with Crippen molar-refractivity contribution in [2.24, 2.45) is 5.10 Å². The van der Waals surface area contributed by atoms with Crippen molar-refractivity contribution in [1.29, 1.82) is 0 Å². The lowest BCUT2D eigenvalue weighted by Crippen LogP contribution is -2.15. The van der Waals surface area contributed by atoms with Crippen LogP contribution in [0.5, 0.6) is 5.88 Å². The number of aryl methyl sites for hydroxylation is 2. The van der Waals surface area contributed by atoms with Gasteiger partial charge < -0.3 is 5.11 Å². The van der Waals surface area contributed by atoms with Crippen molar-refractivity contribution in [1.82, 2.24) is 9.99 Å². The van der Waals surface area contributed by atoms with Gasteiger partial charge in [-0.2, -0.15) is 18.3 Å². The van der Waals surface area contributed by atoms with E-state index in [0.29, 0.717) is 11.1 Å². The molecule has 8 heteroatoms. The quantitative estimate of drug-likeness (QED) is 0.486. The highest BCUT2D eigenvalue weighted by Gasteiger charge is 2.32. The van der Waals surface area contributed by atoms with Crippen LogP contribution in [0.25, 0.3) is 16.6 Å². The number of benzene rings is 2. The number of hydrazone groups is 1. The first-order chi connectivity index (χ1) is 13.5. The number of fused-ring (bicyclic) bond motifs is 1. The number of nitrogens with one attached hydrogen (secondary N) is 1. The molecule has 0 atom stereocenters. The molecule has 0 aliphatic rings. The molecule has 0 aliphatic carbocycles. The maximum absolute atomic E-state index is 13.3. The van der Waals surface area contributed by atoms with E-state index in [2.05, 4.69) is 10.5 Å². The van der Waals surface area contributed by atoms with Gasteiger partial charge in [0.25, 0.3) is 0 Å². The lowest BCUT2D eigenvalue weighted by atomic mass is 10.1. The number of hydrogen-bond donors (Lipinski definition) is 2. The molecule has 0 fully saturated rings. The summed E-state index contributed by atoms with van der Waals surface area (Å²) in [6.45, 7) is 6.58. The maximum atomic E-state index is 13.3. The molecule has 0 saturated carbocycles. The Kier molecular flexibility index (Phi) is 5.13. The minimum Gasteiger partial charge on any atom is -0.494 e. The summed E-state index contributed by atoms with van der Waals surface area (Å²) in [4.78, 5) is 11.2. The highest BCUT2D eigenvalue weighted by molar-refractivity contribution is 6.13. The van der Waals surface area contributed by atoms with Crippen molar-refractivity contribution < 1.29 is 23.1 Å². The molecule has 0 bridgehead atoms. The van der Waals surface area contributed by atoms with E-state index in [1.807, 2.05) is 19.9 Å². The van der Waals surface area contributed by atoms with Gasteiger partial charge in [-0.1, -0.05) is 12.1 Å². The van der Waals surface area contributed by atoms with E-state index in [1.54, 1.807) is 19.1 Å². The van der Waals surface area contributed by atoms with E-state index in [4.69, 9.17) is 0 Å². The molecule has 1 aromatic heterocycles. The number of halogens is 3. The third-order valence-corrected chi connectivity index (χ3v) is 4.48. The van der Waals surface area contributed by atoms with E-state index >= 15 is 0 Å². The van der Waals surface area contributed by atoms with Crippen LogP contribution in [-0.4, -0.2) is 21.3 Å². The Hall–Kier alpha value is -3.29. The molecular formula is C21H20F3N3O2. The zero-order chi connectivity index (χ0) is 21.5. The van der Waals surface area contributed by atoms with Crippen molar-refractivity contribution in [3.63, 3.8) is 0 Å². The van der Waals surface area contributed by atoms with E-state index in [-0.39, 0.29) is 22.7 Å². The molecule has 2 N–H and O–H groups in total. The molecule has 0 radical (unpaired) electrons. The predicted octanol–water partition coefficient (Wildman–Crippen LogP) is 4.83. The molecule has 3 rings (SSSR count). The van der Waals surface area contributed by atoms with Crippen LogP contribution in [-0.2, 0) is 11.0 Å². The fraction of sp³-hybridized carbons (Fsp3) is 0.238. The second-order valence-electron chi connectivity index (χ2n) is 6.97. The zero-order valence-corrected chi connectivity index (χ0v) is 16.3. The van der Waals surface area contributed by atoms with E-state index < -0.39 is 17.6 Å². The SMILES string of the molecule is CC(=O)N/N=C(/C)c1c(O)n(-c2cc(C)cc(C)c2)c2cc(C(F)(F)F)ccc12. The number of aromatic hydroxyl groups is 1. The summed E-state index contributed by atoms with van der Waals surface area (Å²) < 4.78 is 41.3. The predicted molar refractivity (Wildman–Crippen MR) is 105 cm³/mol. The fourth-order valence-corrected chi connectivity index (χ4v) is 3.37. The number of hydrogen-bond acceptors (Lipinski definition) is 3. The average molecular weight is 403 g/mol. The average Bonchev–Trinajstić information content (AvgIpc) is 2.89. The summed E-state index contributed by atoms with van der Waals surface area (Å²) in [6.07, 6.45) is -4.53. The minimum absolute atomic E-state index is 0.190. The summed E-state index contributed by atoms with van der Waals surface area (Å²) in [6, 6.07) is 8.74. The zero-order valence-electron chi connectivity index (χ0n) is 16.3. The van der Waals surface area contributed by atoms with Gasteiger partial charge in [0.05, 0.1) is 22.4 Å². The molecule has 3 aromatic rings. The maximum Gasteiger partial charge on any atom is 0.416 e. The number of carbonyl (C=O) groups excluding carboxylic acids is 1. The van der Waals surface area contributed by atoms with Crippen LogP contribution in [0.1, 0.15) is 36.1 Å². The van der Waals surface area contributed by atoms with E-state index in [0.717, 1.165) is 23.3 Å². The van der Waals surface area contributed by atoms with Crippen molar-refractivity contribution in [3.8, 4) is 11.6 Å². The number of amides is 1. The largest absolute Gasteiger partial charge is 0.494 e. The van der Waals surface area contributed by atoms with Gasteiger partial charge in [0.2, 0.25) is 11.8 Å². The standard InChI is InChI=1S/C21H20F3N3O2/c1-11-7-12(2)9-16(8-11)27-18-10-15(21(22,23)24)5-6-17(18)19(20(27)29)13(3)25-26-14(4)28/h5-10,29H,1-4H3,(H,26,28)/b25-13-. The molecule has 0 spiro atoms. The number of carbonyl (C=O) groups is 1. The molecule has 2 aromatic carbocycles. The van der Waals surface area contributed by atoms with Crippen LogP contribution in [0.2, 0.25) is 0 Å². The lowest BCUT2D eigenvalue weighted by Gasteiger charge is -2.11.